The standard InChI is InChI=1S/C30H27ClN4O6S/c1-40-24-17-13-23(14-18-24)35(42(38,39)26-7-3-2-4-8-26)20-29(36)34-32-19-22-11-15-25(16-12-22)41-21-30(37)33-28-10-6-5-9-27(28)31/h2-19H,20-21H2,1H3,(H,33,37)(H,34,36)/b32-19-. The first-order chi connectivity index (χ1) is 20.3. The van der Waals surface area contributed by atoms with Crippen molar-refractivity contribution in [2.24, 2.45) is 5.10 Å². The molecule has 0 atom stereocenters. The number of para-hydroxylation sites is 1. The van der Waals surface area contributed by atoms with E-state index in [-0.39, 0.29) is 23.1 Å². The molecule has 2 amide bonds. The van der Waals surface area contributed by atoms with Crippen LogP contribution in [0.5, 0.6) is 11.5 Å². The third kappa shape index (κ3) is 8.09. The van der Waals surface area contributed by atoms with Gasteiger partial charge >= 0.3 is 0 Å². The van der Waals surface area contributed by atoms with Crippen LogP contribution in [-0.4, -0.2) is 46.7 Å². The zero-order valence-corrected chi connectivity index (χ0v) is 24.0. The Labute approximate surface area is 248 Å². The van der Waals surface area contributed by atoms with Crippen LogP contribution >= 0.6 is 11.6 Å². The minimum atomic E-state index is -4.05. The molecule has 0 unspecified atom stereocenters. The highest BCUT2D eigenvalue weighted by molar-refractivity contribution is 7.92. The Bertz CT molecular complexity index is 1650. The number of anilines is 2. The number of benzene rings is 4. The highest BCUT2D eigenvalue weighted by Gasteiger charge is 2.27. The zero-order chi connectivity index (χ0) is 30.0. The van der Waals surface area contributed by atoms with Gasteiger partial charge in [0.1, 0.15) is 18.0 Å². The topological polar surface area (TPSA) is 126 Å². The Morgan fingerprint density at radius 2 is 1.50 bits per heavy atom. The second kappa shape index (κ2) is 14.2. The zero-order valence-electron chi connectivity index (χ0n) is 22.4. The predicted octanol–water partition coefficient (Wildman–Crippen LogP) is 4.71. The van der Waals surface area contributed by atoms with Crippen molar-refractivity contribution in [3.8, 4) is 11.5 Å². The summed E-state index contributed by atoms with van der Waals surface area (Å²) in [5.41, 5.74) is 3.77. The molecule has 216 valence electrons. The maximum absolute atomic E-state index is 13.4. The number of hydrogen-bond acceptors (Lipinski definition) is 7. The first-order valence-electron chi connectivity index (χ1n) is 12.6. The van der Waals surface area contributed by atoms with Crippen molar-refractivity contribution in [2.75, 3.05) is 29.9 Å². The van der Waals surface area contributed by atoms with Crippen LogP contribution in [0.25, 0.3) is 0 Å². The molecule has 0 aliphatic carbocycles. The van der Waals surface area contributed by atoms with Crippen LogP contribution in [0.2, 0.25) is 5.02 Å². The van der Waals surface area contributed by atoms with E-state index in [4.69, 9.17) is 21.1 Å². The molecule has 0 bridgehead atoms. The van der Waals surface area contributed by atoms with Crippen LogP contribution in [0.15, 0.2) is 113 Å². The lowest BCUT2D eigenvalue weighted by molar-refractivity contribution is -0.119. The van der Waals surface area contributed by atoms with Crippen LogP contribution in [0, 0.1) is 0 Å². The maximum atomic E-state index is 13.4. The molecule has 0 saturated heterocycles. The Morgan fingerprint density at radius 3 is 2.17 bits per heavy atom. The summed E-state index contributed by atoms with van der Waals surface area (Å²) in [6.07, 6.45) is 1.40. The maximum Gasteiger partial charge on any atom is 0.264 e. The average molecular weight is 607 g/mol. The Hall–Kier alpha value is -4.87. The van der Waals surface area contributed by atoms with Crippen molar-refractivity contribution >= 4 is 51.0 Å². The summed E-state index contributed by atoms with van der Waals surface area (Å²) >= 11 is 6.04. The fourth-order valence-corrected chi connectivity index (χ4v) is 5.30. The summed E-state index contributed by atoms with van der Waals surface area (Å²) in [6.45, 7) is -0.727. The van der Waals surface area contributed by atoms with E-state index < -0.39 is 22.5 Å². The number of nitrogens with zero attached hydrogens (tertiary/aromatic N) is 2. The molecule has 0 radical (unpaired) electrons. The Kier molecular flexibility index (Phi) is 10.1. The molecule has 0 saturated carbocycles. The van der Waals surface area contributed by atoms with E-state index in [1.165, 1.54) is 25.5 Å². The van der Waals surface area contributed by atoms with Gasteiger partial charge in [-0.2, -0.15) is 5.10 Å². The Balaban J connectivity index is 1.35. The molecule has 0 aliphatic rings. The smallest absolute Gasteiger partial charge is 0.264 e. The van der Waals surface area contributed by atoms with E-state index >= 15 is 0 Å². The number of ether oxygens (including phenoxy) is 2. The van der Waals surface area contributed by atoms with Gasteiger partial charge in [0, 0.05) is 0 Å². The van der Waals surface area contributed by atoms with Crippen LogP contribution in [0.1, 0.15) is 5.56 Å². The number of hydrazone groups is 1. The van der Waals surface area contributed by atoms with Gasteiger partial charge in [-0.3, -0.25) is 13.9 Å². The third-order valence-electron chi connectivity index (χ3n) is 5.78. The van der Waals surface area contributed by atoms with Crippen LogP contribution in [-0.2, 0) is 19.6 Å². The second-order valence-corrected chi connectivity index (χ2v) is 11.0. The summed E-state index contributed by atoms with van der Waals surface area (Å²) in [5.74, 6) is -0.0196. The number of carbonyl (C=O) groups excluding carboxylic acids is 2. The van der Waals surface area contributed by atoms with E-state index in [1.807, 2.05) is 0 Å². The summed E-state index contributed by atoms with van der Waals surface area (Å²) in [4.78, 5) is 24.9. The number of halogens is 1. The van der Waals surface area contributed by atoms with Crippen molar-refractivity contribution < 1.29 is 27.5 Å². The van der Waals surface area contributed by atoms with E-state index in [9.17, 15) is 18.0 Å². The lowest BCUT2D eigenvalue weighted by Crippen LogP contribution is -2.39. The predicted molar refractivity (Wildman–Crippen MR) is 162 cm³/mol. The largest absolute Gasteiger partial charge is 0.497 e. The summed E-state index contributed by atoms with van der Waals surface area (Å²) in [7, 11) is -2.55. The fraction of sp³-hybridized carbons (Fsp3) is 0.100. The molecular formula is C30H27ClN4O6S. The number of rotatable bonds is 12. The summed E-state index contributed by atoms with van der Waals surface area (Å²) in [5, 5.41) is 7.04. The van der Waals surface area contributed by atoms with Gasteiger partial charge in [-0.25, -0.2) is 13.8 Å². The van der Waals surface area contributed by atoms with Crippen molar-refractivity contribution in [3.05, 3.63) is 114 Å². The van der Waals surface area contributed by atoms with Crippen molar-refractivity contribution in [1.82, 2.24) is 5.43 Å². The normalized spacial score (nSPS) is 11.1. The molecule has 0 heterocycles. The minimum absolute atomic E-state index is 0.0424. The molecule has 12 heteroatoms. The quantitative estimate of drug-likeness (QED) is 0.178. The van der Waals surface area contributed by atoms with Crippen LogP contribution < -0.4 is 24.5 Å². The molecular weight excluding hydrogens is 580 g/mol. The van der Waals surface area contributed by atoms with Gasteiger partial charge in [0.15, 0.2) is 6.61 Å². The van der Waals surface area contributed by atoms with Crippen molar-refractivity contribution in [3.63, 3.8) is 0 Å². The first-order valence-corrected chi connectivity index (χ1v) is 14.4. The number of amides is 2. The number of nitrogens with one attached hydrogen (secondary N) is 2. The lowest BCUT2D eigenvalue weighted by Gasteiger charge is -2.23. The molecule has 42 heavy (non-hydrogen) atoms. The molecule has 4 aromatic carbocycles. The highest BCUT2D eigenvalue weighted by atomic mass is 35.5. The van der Waals surface area contributed by atoms with E-state index in [0.29, 0.717) is 27.8 Å². The summed E-state index contributed by atoms with van der Waals surface area (Å²) < 4.78 is 38.4. The molecule has 0 aliphatic heterocycles. The molecule has 0 spiro atoms. The van der Waals surface area contributed by atoms with Gasteiger partial charge in [-0.1, -0.05) is 41.9 Å². The SMILES string of the molecule is COc1ccc(N(CC(=O)N/N=C\c2ccc(OCC(=O)Nc3ccccc3Cl)cc2)S(=O)(=O)c2ccccc2)cc1. The van der Waals surface area contributed by atoms with E-state index in [0.717, 1.165) is 4.31 Å². The number of sulfonamides is 1. The van der Waals surface area contributed by atoms with Gasteiger partial charge in [-0.15, -0.1) is 0 Å². The van der Waals surface area contributed by atoms with Gasteiger partial charge in [-0.05, 0) is 78.4 Å². The molecule has 4 aromatic rings. The fourth-order valence-electron chi connectivity index (χ4n) is 3.68. The van der Waals surface area contributed by atoms with Gasteiger partial charge in [0.2, 0.25) is 0 Å². The number of methoxy groups -OCH3 is 1. The highest BCUT2D eigenvalue weighted by Crippen LogP contribution is 2.25. The third-order valence-corrected chi connectivity index (χ3v) is 7.90. The molecule has 10 nitrogen and oxygen atoms in total. The average Bonchev–Trinajstić information content (AvgIpc) is 3.01. The van der Waals surface area contributed by atoms with Crippen molar-refractivity contribution in [2.45, 2.75) is 4.90 Å². The number of hydrogen-bond donors (Lipinski definition) is 2. The Morgan fingerprint density at radius 1 is 0.857 bits per heavy atom. The molecule has 0 fully saturated rings. The van der Waals surface area contributed by atoms with Gasteiger partial charge < -0.3 is 14.8 Å². The van der Waals surface area contributed by atoms with E-state index in [2.05, 4.69) is 15.8 Å². The monoisotopic (exact) mass is 606 g/mol. The van der Waals surface area contributed by atoms with Crippen LogP contribution in [0.4, 0.5) is 11.4 Å². The molecule has 4 rings (SSSR count). The second-order valence-electron chi connectivity index (χ2n) is 8.70. The van der Waals surface area contributed by atoms with Gasteiger partial charge in [0.25, 0.3) is 21.8 Å². The lowest BCUT2D eigenvalue weighted by atomic mass is 10.2. The minimum Gasteiger partial charge on any atom is -0.497 e. The molecule has 2 N–H and O–H groups in total. The van der Waals surface area contributed by atoms with E-state index in [1.54, 1.807) is 91.0 Å². The molecule has 0 aromatic heterocycles. The van der Waals surface area contributed by atoms with Crippen LogP contribution in [0.3, 0.4) is 0 Å². The van der Waals surface area contributed by atoms with Gasteiger partial charge in [0.05, 0.1) is 34.6 Å². The first kappa shape index (κ1) is 30.1. The van der Waals surface area contributed by atoms with Crippen molar-refractivity contribution in [1.29, 1.82) is 0 Å². The summed E-state index contributed by atoms with van der Waals surface area (Å²) in [6, 6.07) is 27.7. The number of carbonyl (C=O) groups is 2.